The van der Waals surface area contributed by atoms with Crippen LogP contribution in [0.2, 0.25) is 5.02 Å². The van der Waals surface area contributed by atoms with Crippen molar-refractivity contribution in [1.82, 2.24) is 0 Å². The van der Waals surface area contributed by atoms with Crippen LogP contribution < -0.4 is 5.32 Å². The van der Waals surface area contributed by atoms with Crippen molar-refractivity contribution in [2.24, 2.45) is 0 Å². The van der Waals surface area contributed by atoms with E-state index in [4.69, 9.17) is 11.6 Å². The monoisotopic (exact) mass is 271 g/mol. The van der Waals surface area contributed by atoms with Crippen molar-refractivity contribution < 1.29 is 0 Å². The van der Waals surface area contributed by atoms with Crippen LogP contribution in [-0.2, 0) is 0 Å². The molecule has 0 heterocycles. The molecule has 1 aliphatic rings. The summed E-state index contributed by atoms with van der Waals surface area (Å²) in [6, 6.07) is 17.1. The molecule has 1 N–H and O–H groups in total. The number of hydrogen-bond donors (Lipinski definition) is 1. The molecule has 0 fully saturated rings. The van der Waals surface area contributed by atoms with Crippen molar-refractivity contribution in [1.29, 1.82) is 0 Å². The van der Waals surface area contributed by atoms with Gasteiger partial charge in [-0.15, -0.1) is 0 Å². The molecule has 0 bridgehead atoms. The van der Waals surface area contributed by atoms with E-state index in [1.165, 1.54) is 24.0 Å². The summed E-state index contributed by atoms with van der Waals surface area (Å²) in [5.74, 6) is 0.661. The van der Waals surface area contributed by atoms with Crippen LogP contribution in [0.1, 0.15) is 42.9 Å². The molecule has 0 saturated carbocycles. The molecule has 0 amide bonds. The number of anilines is 1. The minimum atomic E-state index is 0.394. The summed E-state index contributed by atoms with van der Waals surface area (Å²) >= 11 is 6.05. The van der Waals surface area contributed by atoms with Gasteiger partial charge in [0.15, 0.2) is 0 Å². The third-order valence-corrected chi connectivity index (χ3v) is 4.19. The summed E-state index contributed by atoms with van der Waals surface area (Å²) in [5, 5.41) is 4.39. The molecule has 3 rings (SSSR count). The van der Waals surface area contributed by atoms with Crippen LogP contribution in [0.5, 0.6) is 0 Å². The Morgan fingerprint density at radius 2 is 1.79 bits per heavy atom. The molecule has 2 heteroatoms. The molecule has 1 aliphatic carbocycles. The van der Waals surface area contributed by atoms with E-state index in [9.17, 15) is 0 Å². The first-order valence-electron chi connectivity index (χ1n) is 6.85. The third-order valence-electron chi connectivity index (χ3n) is 3.96. The fourth-order valence-electron chi connectivity index (χ4n) is 2.93. The maximum absolute atomic E-state index is 6.05. The molecule has 1 nitrogen and oxygen atoms in total. The molecule has 0 aromatic heterocycles. The van der Waals surface area contributed by atoms with Gasteiger partial charge in [0.2, 0.25) is 0 Å². The quantitative estimate of drug-likeness (QED) is 0.772. The van der Waals surface area contributed by atoms with Gasteiger partial charge in [-0.25, -0.2) is 0 Å². The van der Waals surface area contributed by atoms with Gasteiger partial charge in [-0.2, -0.15) is 0 Å². The zero-order valence-corrected chi connectivity index (χ0v) is 11.8. The summed E-state index contributed by atoms with van der Waals surface area (Å²) in [4.78, 5) is 0. The Morgan fingerprint density at radius 1 is 1.00 bits per heavy atom. The zero-order valence-electron chi connectivity index (χ0n) is 11.1. The highest BCUT2D eigenvalue weighted by Crippen LogP contribution is 2.38. The maximum Gasteiger partial charge on any atom is 0.0516 e. The lowest BCUT2D eigenvalue weighted by Crippen LogP contribution is -2.19. The highest BCUT2D eigenvalue weighted by atomic mass is 35.5. The second-order valence-corrected chi connectivity index (χ2v) is 5.75. The molecule has 2 aromatic rings. The molecular formula is C17H18ClN. The van der Waals surface area contributed by atoms with Gasteiger partial charge in [-0.3, -0.25) is 0 Å². The highest BCUT2D eigenvalue weighted by Gasteiger charge is 2.24. The topological polar surface area (TPSA) is 12.0 Å². The van der Waals surface area contributed by atoms with Gasteiger partial charge in [0.05, 0.1) is 6.04 Å². The minimum Gasteiger partial charge on any atom is -0.378 e. The van der Waals surface area contributed by atoms with Crippen molar-refractivity contribution >= 4 is 17.3 Å². The molecule has 0 spiro atoms. The summed E-state index contributed by atoms with van der Waals surface area (Å²) in [6.45, 7) is 2.31. The predicted molar refractivity (Wildman–Crippen MR) is 81.9 cm³/mol. The molecule has 2 unspecified atom stereocenters. The Labute approximate surface area is 119 Å². The number of benzene rings is 2. The van der Waals surface area contributed by atoms with Crippen LogP contribution in [0.25, 0.3) is 0 Å². The lowest BCUT2D eigenvalue weighted by atomic mass is 9.81. The standard InChI is InChI=1S/C17H18ClN/c1-12-9-10-17(16-8-3-2-7-15(12)16)19-14-6-4-5-13(18)11-14/h2-8,11-12,17,19H,9-10H2,1H3. The summed E-state index contributed by atoms with van der Waals surface area (Å²) in [6.07, 6.45) is 2.40. The van der Waals surface area contributed by atoms with E-state index in [0.29, 0.717) is 12.0 Å². The van der Waals surface area contributed by atoms with Gasteiger partial charge < -0.3 is 5.32 Å². The fraction of sp³-hybridized carbons (Fsp3) is 0.294. The van der Waals surface area contributed by atoms with Gasteiger partial charge >= 0.3 is 0 Å². The number of rotatable bonds is 2. The van der Waals surface area contributed by atoms with Crippen LogP contribution in [0.15, 0.2) is 48.5 Å². The van der Waals surface area contributed by atoms with Gasteiger partial charge in [0.25, 0.3) is 0 Å². The summed E-state index contributed by atoms with van der Waals surface area (Å²) < 4.78 is 0. The van der Waals surface area contributed by atoms with Crippen molar-refractivity contribution in [3.8, 4) is 0 Å². The Kier molecular flexibility index (Phi) is 3.48. The lowest BCUT2D eigenvalue weighted by molar-refractivity contribution is 0.534. The van der Waals surface area contributed by atoms with Gasteiger partial charge in [-0.1, -0.05) is 48.9 Å². The molecule has 19 heavy (non-hydrogen) atoms. The Morgan fingerprint density at radius 3 is 2.58 bits per heavy atom. The number of hydrogen-bond acceptors (Lipinski definition) is 1. The largest absolute Gasteiger partial charge is 0.378 e. The maximum atomic E-state index is 6.05. The zero-order chi connectivity index (χ0) is 13.2. The van der Waals surface area contributed by atoms with Crippen molar-refractivity contribution in [2.45, 2.75) is 31.7 Å². The predicted octanol–water partition coefficient (Wildman–Crippen LogP) is 5.39. The normalized spacial score (nSPS) is 21.8. The lowest BCUT2D eigenvalue weighted by Gasteiger charge is -2.31. The van der Waals surface area contributed by atoms with E-state index in [1.807, 2.05) is 18.2 Å². The van der Waals surface area contributed by atoms with Gasteiger partial charge in [-0.05, 0) is 48.1 Å². The first kappa shape index (κ1) is 12.6. The number of nitrogens with one attached hydrogen (secondary N) is 1. The van der Waals surface area contributed by atoms with E-state index in [1.54, 1.807) is 0 Å². The summed E-state index contributed by atoms with van der Waals surface area (Å²) in [5.41, 5.74) is 4.01. The van der Waals surface area contributed by atoms with Crippen LogP contribution in [0, 0.1) is 0 Å². The minimum absolute atomic E-state index is 0.394. The number of halogens is 1. The van der Waals surface area contributed by atoms with E-state index < -0.39 is 0 Å². The second kappa shape index (κ2) is 5.26. The molecule has 0 aliphatic heterocycles. The van der Waals surface area contributed by atoms with Crippen molar-refractivity contribution in [3.63, 3.8) is 0 Å². The number of fused-ring (bicyclic) bond motifs is 1. The summed E-state index contributed by atoms with van der Waals surface area (Å²) in [7, 11) is 0. The first-order chi connectivity index (χ1) is 9.24. The molecule has 2 atom stereocenters. The van der Waals surface area contributed by atoms with Crippen LogP contribution in [0.3, 0.4) is 0 Å². The Hall–Kier alpha value is -1.47. The molecule has 0 radical (unpaired) electrons. The molecule has 0 saturated heterocycles. The average Bonchev–Trinajstić information content (AvgIpc) is 2.42. The average molecular weight is 272 g/mol. The van der Waals surface area contributed by atoms with E-state index >= 15 is 0 Å². The van der Waals surface area contributed by atoms with E-state index in [0.717, 1.165) is 10.7 Å². The van der Waals surface area contributed by atoms with Crippen molar-refractivity contribution in [2.75, 3.05) is 5.32 Å². The smallest absolute Gasteiger partial charge is 0.0516 e. The Balaban J connectivity index is 1.89. The molecule has 2 aromatic carbocycles. The SMILES string of the molecule is CC1CCC(Nc2cccc(Cl)c2)c2ccccc21. The van der Waals surface area contributed by atoms with Crippen molar-refractivity contribution in [3.05, 3.63) is 64.7 Å². The first-order valence-corrected chi connectivity index (χ1v) is 7.23. The third kappa shape index (κ3) is 2.62. The second-order valence-electron chi connectivity index (χ2n) is 5.31. The van der Waals surface area contributed by atoms with Gasteiger partial charge in [0, 0.05) is 10.7 Å². The Bertz CT molecular complexity index is 579. The highest BCUT2D eigenvalue weighted by molar-refractivity contribution is 6.30. The van der Waals surface area contributed by atoms with Crippen LogP contribution >= 0.6 is 11.6 Å². The van der Waals surface area contributed by atoms with Crippen LogP contribution in [0.4, 0.5) is 5.69 Å². The molecular weight excluding hydrogens is 254 g/mol. The van der Waals surface area contributed by atoms with Crippen LogP contribution in [-0.4, -0.2) is 0 Å². The van der Waals surface area contributed by atoms with Gasteiger partial charge in [0.1, 0.15) is 0 Å². The van der Waals surface area contributed by atoms with E-state index in [2.05, 4.69) is 42.6 Å². The molecule has 98 valence electrons. The van der Waals surface area contributed by atoms with E-state index in [-0.39, 0.29) is 0 Å². The fourth-order valence-corrected chi connectivity index (χ4v) is 3.12.